The van der Waals surface area contributed by atoms with Crippen LogP contribution in [0.25, 0.3) is 0 Å². The van der Waals surface area contributed by atoms with Gasteiger partial charge in [0.1, 0.15) is 17.3 Å². The Morgan fingerprint density at radius 2 is 1.42 bits per heavy atom. The minimum atomic E-state index is -0.104. The maximum Gasteiger partial charge on any atom is 0.142 e. The van der Waals surface area contributed by atoms with Gasteiger partial charge >= 0.3 is 0 Å². The zero-order valence-corrected chi connectivity index (χ0v) is 11.0. The van der Waals surface area contributed by atoms with E-state index >= 15 is 0 Å². The maximum atomic E-state index is 12.4. The third-order valence-electron chi connectivity index (χ3n) is 3.96. The molecule has 100 valence electrons. The Morgan fingerprint density at radius 3 is 1.79 bits per heavy atom. The van der Waals surface area contributed by atoms with Crippen LogP contribution in [0.5, 0.6) is 0 Å². The summed E-state index contributed by atoms with van der Waals surface area (Å²) >= 11 is 0. The summed E-state index contributed by atoms with van der Waals surface area (Å²) in [5.74, 6) is 1.62. The van der Waals surface area contributed by atoms with Gasteiger partial charge in [-0.3, -0.25) is 10.1 Å². The second kappa shape index (κ2) is 4.70. The van der Waals surface area contributed by atoms with E-state index in [1.165, 1.54) is 0 Å². The van der Waals surface area contributed by atoms with Crippen molar-refractivity contribution in [2.75, 3.05) is 0 Å². The summed E-state index contributed by atoms with van der Waals surface area (Å²) in [5, 5.41) is 3.48. The van der Waals surface area contributed by atoms with E-state index in [9.17, 15) is 4.79 Å². The number of carbonyl (C=O) groups is 1. The molecule has 19 heavy (non-hydrogen) atoms. The van der Waals surface area contributed by atoms with Crippen molar-refractivity contribution in [3.05, 3.63) is 48.3 Å². The molecule has 0 amide bonds. The maximum absolute atomic E-state index is 12.4. The molecule has 4 heteroatoms. The average molecular weight is 259 g/mol. The summed E-state index contributed by atoms with van der Waals surface area (Å²) in [4.78, 5) is 12.4. The highest BCUT2D eigenvalue weighted by atomic mass is 16.3. The van der Waals surface area contributed by atoms with E-state index in [1.807, 2.05) is 38.1 Å². The number of furan rings is 2. The van der Waals surface area contributed by atoms with Gasteiger partial charge in [0.05, 0.1) is 24.6 Å². The predicted molar refractivity (Wildman–Crippen MR) is 69.4 cm³/mol. The molecule has 1 saturated heterocycles. The Balaban J connectivity index is 1.93. The first-order chi connectivity index (χ1) is 9.18. The van der Waals surface area contributed by atoms with E-state index in [4.69, 9.17) is 8.83 Å². The molecule has 0 aromatic carbocycles. The third-order valence-corrected chi connectivity index (χ3v) is 3.96. The first kappa shape index (κ1) is 12.2. The van der Waals surface area contributed by atoms with Crippen LogP contribution < -0.4 is 5.32 Å². The number of carbonyl (C=O) groups excluding carboxylic acids is 1. The lowest BCUT2D eigenvalue weighted by molar-refractivity contribution is -0.131. The number of ketones is 1. The molecule has 1 aliphatic rings. The first-order valence-electron chi connectivity index (χ1n) is 6.55. The van der Waals surface area contributed by atoms with Gasteiger partial charge in [0, 0.05) is 11.8 Å². The van der Waals surface area contributed by atoms with Gasteiger partial charge in [-0.15, -0.1) is 0 Å². The van der Waals surface area contributed by atoms with Crippen molar-refractivity contribution >= 4 is 5.78 Å². The summed E-state index contributed by atoms with van der Waals surface area (Å²) in [6.07, 6.45) is 3.27. The Labute approximate surface area is 111 Å². The summed E-state index contributed by atoms with van der Waals surface area (Å²) in [5.41, 5.74) is 0. The quantitative estimate of drug-likeness (QED) is 0.900. The van der Waals surface area contributed by atoms with Crippen LogP contribution in [0, 0.1) is 11.8 Å². The number of hydrogen-bond donors (Lipinski definition) is 1. The van der Waals surface area contributed by atoms with Crippen molar-refractivity contribution < 1.29 is 13.6 Å². The Kier molecular flexibility index (Phi) is 3.03. The lowest BCUT2D eigenvalue weighted by Crippen LogP contribution is -2.46. The fourth-order valence-corrected chi connectivity index (χ4v) is 2.82. The molecular formula is C15H17NO3. The standard InChI is InChI=1S/C15H17NO3/c1-9-13(11-5-3-7-18-11)16-14(10(2)15(9)17)12-6-4-8-19-12/h3-10,13-14,16H,1-2H3/t9-,10+,13-,14+. The highest BCUT2D eigenvalue weighted by Gasteiger charge is 2.42. The SMILES string of the molecule is C[C@@H]1C(=O)[C@H](C)[C@H](c2ccco2)N[C@@H]1c1ccco1. The van der Waals surface area contributed by atoms with E-state index in [1.54, 1.807) is 12.5 Å². The first-order valence-corrected chi connectivity index (χ1v) is 6.55. The van der Waals surface area contributed by atoms with Crippen molar-refractivity contribution in [3.63, 3.8) is 0 Å². The summed E-state index contributed by atoms with van der Waals surface area (Å²) in [6.45, 7) is 3.88. The molecule has 0 saturated carbocycles. The molecule has 3 heterocycles. The van der Waals surface area contributed by atoms with Crippen LogP contribution >= 0.6 is 0 Å². The molecule has 3 rings (SSSR count). The number of Topliss-reactive ketones (excluding diaryl/α,β-unsaturated/α-hetero) is 1. The second-order valence-corrected chi connectivity index (χ2v) is 5.13. The van der Waals surface area contributed by atoms with Crippen LogP contribution in [-0.2, 0) is 4.79 Å². The van der Waals surface area contributed by atoms with Crippen molar-refractivity contribution in [2.45, 2.75) is 25.9 Å². The molecule has 0 spiro atoms. The smallest absolute Gasteiger partial charge is 0.142 e. The van der Waals surface area contributed by atoms with Crippen molar-refractivity contribution in [1.29, 1.82) is 0 Å². The van der Waals surface area contributed by atoms with Gasteiger partial charge in [0.25, 0.3) is 0 Å². The zero-order valence-electron chi connectivity index (χ0n) is 11.0. The molecule has 2 aromatic heterocycles. The highest BCUT2D eigenvalue weighted by molar-refractivity contribution is 5.85. The Morgan fingerprint density at radius 1 is 0.947 bits per heavy atom. The molecule has 1 N–H and O–H groups in total. The molecule has 0 aliphatic carbocycles. The minimum Gasteiger partial charge on any atom is -0.468 e. The second-order valence-electron chi connectivity index (χ2n) is 5.13. The summed E-state index contributed by atoms with van der Waals surface area (Å²) < 4.78 is 10.9. The van der Waals surface area contributed by atoms with Gasteiger partial charge in [0.15, 0.2) is 0 Å². The van der Waals surface area contributed by atoms with Crippen molar-refractivity contribution in [1.82, 2.24) is 5.32 Å². The Bertz CT molecular complexity index is 496. The largest absolute Gasteiger partial charge is 0.468 e. The number of hydrogen-bond acceptors (Lipinski definition) is 4. The lowest BCUT2D eigenvalue weighted by atomic mass is 9.79. The van der Waals surface area contributed by atoms with E-state index in [-0.39, 0.29) is 29.7 Å². The van der Waals surface area contributed by atoms with Crippen LogP contribution in [0.1, 0.15) is 37.5 Å². The molecule has 1 aliphatic heterocycles. The van der Waals surface area contributed by atoms with E-state index in [0.29, 0.717) is 0 Å². The van der Waals surface area contributed by atoms with Crippen LogP contribution in [0.3, 0.4) is 0 Å². The normalized spacial score (nSPS) is 31.6. The predicted octanol–water partition coefficient (Wildman–Crippen LogP) is 3.10. The van der Waals surface area contributed by atoms with Gasteiger partial charge in [-0.25, -0.2) is 0 Å². The van der Waals surface area contributed by atoms with Crippen LogP contribution in [0.15, 0.2) is 45.6 Å². The minimum absolute atomic E-state index is 0.103. The monoisotopic (exact) mass is 259 g/mol. The van der Waals surface area contributed by atoms with E-state index < -0.39 is 0 Å². The van der Waals surface area contributed by atoms with Crippen molar-refractivity contribution in [2.24, 2.45) is 11.8 Å². The Hall–Kier alpha value is -1.81. The van der Waals surface area contributed by atoms with Gasteiger partial charge < -0.3 is 8.83 Å². The number of nitrogens with one attached hydrogen (secondary N) is 1. The topological polar surface area (TPSA) is 55.4 Å². The molecule has 0 radical (unpaired) electrons. The molecule has 4 nitrogen and oxygen atoms in total. The summed E-state index contributed by atoms with van der Waals surface area (Å²) in [7, 11) is 0. The molecule has 1 fully saturated rings. The van der Waals surface area contributed by atoms with Gasteiger partial charge in [0.2, 0.25) is 0 Å². The van der Waals surface area contributed by atoms with Gasteiger partial charge in [-0.2, -0.15) is 0 Å². The summed E-state index contributed by atoms with van der Waals surface area (Å²) in [6, 6.07) is 7.28. The zero-order chi connectivity index (χ0) is 13.4. The molecule has 4 atom stereocenters. The average Bonchev–Trinajstić information content (AvgIpc) is 3.08. The van der Waals surface area contributed by atoms with Crippen molar-refractivity contribution in [3.8, 4) is 0 Å². The molecule has 2 aromatic rings. The fourth-order valence-electron chi connectivity index (χ4n) is 2.82. The molecule has 0 bridgehead atoms. The third kappa shape index (κ3) is 2.02. The van der Waals surface area contributed by atoms with Crippen LogP contribution in [0.2, 0.25) is 0 Å². The van der Waals surface area contributed by atoms with Gasteiger partial charge in [-0.05, 0) is 24.3 Å². The highest BCUT2D eigenvalue weighted by Crippen LogP contribution is 2.38. The van der Waals surface area contributed by atoms with Crippen LogP contribution in [0.4, 0.5) is 0 Å². The molecular weight excluding hydrogens is 242 g/mol. The lowest BCUT2D eigenvalue weighted by Gasteiger charge is -2.37. The van der Waals surface area contributed by atoms with Crippen LogP contribution in [-0.4, -0.2) is 5.78 Å². The van der Waals surface area contributed by atoms with E-state index in [2.05, 4.69) is 5.32 Å². The molecule has 0 unspecified atom stereocenters. The number of rotatable bonds is 2. The fraction of sp³-hybridized carbons (Fsp3) is 0.400. The van der Waals surface area contributed by atoms with Gasteiger partial charge in [-0.1, -0.05) is 13.8 Å². The van der Waals surface area contributed by atoms with E-state index in [0.717, 1.165) is 11.5 Å². The number of piperidine rings is 1.